The predicted octanol–water partition coefficient (Wildman–Crippen LogP) is 3.12. The van der Waals surface area contributed by atoms with E-state index in [0.717, 1.165) is 0 Å². The number of rotatable bonds is 5. The average molecular weight is 172 g/mol. The molecule has 0 aliphatic heterocycles. The standard InChI is InChI=1S/C7H12F4/c1-2-4-7(10,11)6(9)3-5-8/h6H,2-5H2,1H3/t6-/m0/s1. The van der Waals surface area contributed by atoms with Crippen LogP contribution in [0.3, 0.4) is 0 Å². The molecule has 0 aromatic rings. The van der Waals surface area contributed by atoms with Crippen LogP contribution in [0.1, 0.15) is 26.2 Å². The molecule has 0 saturated heterocycles. The van der Waals surface area contributed by atoms with E-state index in [9.17, 15) is 17.6 Å². The van der Waals surface area contributed by atoms with Gasteiger partial charge in [-0.15, -0.1) is 0 Å². The fourth-order valence-corrected chi connectivity index (χ4v) is 0.797. The Labute approximate surface area is 63.6 Å². The molecular weight excluding hydrogens is 160 g/mol. The highest BCUT2D eigenvalue weighted by atomic mass is 19.3. The van der Waals surface area contributed by atoms with Gasteiger partial charge in [-0.05, 0) is 0 Å². The SMILES string of the molecule is CCCC(F)(F)[C@@H](F)CCF. The first-order valence-corrected chi connectivity index (χ1v) is 3.62. The molecule has 68 valence electrons. The molecule has 4 heteroatoms. The van der Waals surface area contributed by atoms with Crippen molar-refractivity contribution < 1.29 is 17.6 Å². The minimum Gasteiger partial charge on any atom is -0.251 e. The van der Waals surface area contributed by atoms with Crippen molar-refractivity contribution in [3.05, 3.63) is 0 Å². The van der Waals surface area contributed by atoms with Crippen LogP contribution in [0.4, 0.5) is 17.6 Å². The van der Waals surface area contributed by atoms with E-state index < -0.39 is 31.6 Å². The Morgan fingerprint density at radius 1 is 1.36 bits per heavy atom. The molecule has 0 N–H and O–H groups in total. The fraction of sp³-hybridized carbons (Fsp3) is 1.00. The highest BCUT2D eigenvalue weighted by molar-refractivity contribution is 4.75. The lowest BCUT2D eigenvalue weighted by atomic mass is 10.1. The van der Waals surface area contributed by atoms with E-state index in [2.05, 4.69) is 0 Å². The van der Waals surface area contributed by atoms with Crippen LogP contribution in [-0.4, -0.2) is 18.8 Å². The van der Waals surface area contributed by atoms with Crippen molar-refractivity contribution in [3.63, 3.8) is 0 Å². The van der Waals surface area contributed by atoms with E-state index in [0.29, 0.717) is 0 Å². The van der Waals surface area contributed by atoms with Gasteiger partial charge in [-0.25, -0.2) is 13.2 Å². The summed E-state index contributed by atoms with van der Waals surface area (Å²) in [4.78, 5) is 0. The quantitative estimate of drug-likeness (QED) is 0.559. The molecular formula is C7H12F4. The van der Waals surface area contributed by atoms with Gasteiger partial charge in [0.2, 0.25) is 0 Å². The van der Waals surface area contributed by atoms with E-state index in [1.54, 1.807) is 0 Å². The zero-order valence-corrected chi connectivity index (χ0v) is 6.42. The van der Waals surface area contributed by atoms with Crippen LogP contribution in [0.5, 0.6) is 0 Å². The summed E-state index contributed by atoms with van der Waals surface area (Å²) in [5, 5.41) is 0. The number of alkyl halides is 4. The van der Waals surface area contributed by atoms with Crippen LogP contribution in [0.25, 0.3) is 0 Å². The third-order valence-corrected chi connectivity index (χ3v) is 1.40. The molecule has 1 atom stereocenters. The summed E-state index contributed by atoms with van der Waals surface area (Å²) in [6, 6.07) is 0. The largest absolute Gasteiger partial charge is 0.278 e. The van der Waals surface area contributed by atoms with Crippen molar-refractivity contribution in [1.82, 2.24) is 0 Å². The van der Waals surface area contributed by atoms with Gasteiger partial charge < -0.3 is 0 Å². The zero-order chi connectivity index (χ0) is 8.91. The minimum absolute atomic E-state index is 0.208. The van der Waals surface area contributed by atoms with Crippen LogP contribution in [0.15, 0.2) is 0 Å². The molecule has 0 fully saturated rings. The molecule has 0 radical (unpaired) electrons. The lowest BCUT2D eigenvalue weighted by Crippen LogP contribution is -2.30. The van der Waals surface area contributed by atoms with Crippen molar-refractivity contribution in [3.8, 4) is 0 Å². The van der Waals surface area contributed by atoms with Gasteiger partial charge >= 0.3 is 0 Å². The zero-order valence-electron chi connectivity index (χ0n) is 6.42. The summed E-state index contributed by atoms with van der Waals surface area (Å²) in [5.41, 5.74) is 0. The second-order valence-corrected chi connectivity index (χ2v) is 2.46. The Bertz CT molecular complexity index is 103. The Morgan fingerprint density at radius 3 is 2.27 bits per heavy atom. The van der Waals surface area contributed by atoms with Gasteiger partial charge in [0.15, 0.2) is 6.17 Å². The molecule has 0 saturated carbocycles. The average Bonchev–Trinajstić information content (AvgIpc) is 1.88. The topological polar surface area (TPSA) is 0 Å². The summed E-state index contributed by atoms with van der Waals surface area (Å²) in [6.45, 7) is 0.510. The van der Waals surface area contributed by atoms with E-state index in [1.165, 1.54) is 6.92 Å². The maximum Gasteiger partial charge on any atom is 0.278 e. The van der Waals surface area contributed by atoms with E-state index in [1.807, 2.05) is 0 Å². The highest BCUT2D eigenvalue weighted by Gasteiger charge is 2.38. The van der Waals surface area contributed by atoms with Gasteiger partial charge in [-0.3, -0.25) is 4.39 Å². The summed E-state index contributed by atoms with van der Waals surface area (Å²) in [5.74, 6) is -3.35. The van der Waals surface area contributed by atoms with Crippen LogP contribution < -0.4 is 0 Å². The van der Waals surface area contributed by atoms with Gasteiger partial charge in [0.25, 0.3) is 5.92 Å². The monoisotopic (exact) mass is 172 g/mol. The minimum atomic E-state index is -3.35. The van der Waals surface area contributed by atoms with Gasteiger partial charge in [-0.1, -0.05) is 13.3 Å². The second kappa shape index (κ2) is 4.57. The van der Waals surface area contributed by atoms with E-state index >= 15 is 0 Å². The van der Waals surface area contributed by atoms with Crippen LogP contribution in [0.2, 0.25) is 0 Å². The summed E-state index contributed by atoms with van der Waals surface area (Å²) in [7, 11) is 0. The van der Waals surface area contributed by atoms with Crippen LogP contribution in [-0.2, 0) is 0 Å². The predicted molar refractivity (Wildman–Crippen MR) is 35.3 cm³/mol. The Balaban J connectivity index is 3.83. The maximum absolute atomic E-state index is 12.5. The number of halogens is 4. The smallest absolute Gasteiger partial charge is 0.251 e. The van der Waals surface area contributed by atoms with E-state index in [-0.39, 0.29) is 6.42 Å². The molecule has 0 aliphatic rings. The molecule has 0 aromatic carbocycles. The molecule has 0 rings (SSSR count). The second-order valence-electron chi connectivity index (χ2n) is 2.46. The molecule has 0 heterocycles. The maximum atomic E-state index is 12.5. The normalized spacial score (nSPS) is 15.0. The first-order chi connectivity index (χ1) is 5.04. The summed E-state index contributed by atoms with van der Waals surface area (Å²) < 4.78 is 48.7. The van der Waals surface area contributed by atoms with Gasteiger partial charge in [0, 0.05) is 12.8 Å². The van der Waals surface area contributed by atoms with Crippen molar-refractivity contribution in [1.29, 1.82) is 0 Å². The van der Waals surface area contributed by atoms with E-state index in [4.69, 9.17) is 0 Å². The first-order valence-electron chi connectivity index (χ1n) is 3.62. The van der Waals surface area contributed by atoms with Crippen molar-refractivity contribution in [2.45, 2.75) is 38.3 Å². The van der Waals surface area contributed by atoms with Gasteiger partial charge in [-0.2, -0.15) is 0 Å². The van der Waals surface area contributed by atoms with Crippen molar-refractivity contribution in [2.75, 3.05) is 6.67 Å². The summed E-state index contributed by atoms with van der Waals surface area (Å²) in [6.07, 6.45) is -3.33. The molecule has 0 aliphatic carbocycles. The highest BCUT2D eigenvalue weighted by Crippen LogP contribution is 2.28. The third kappa shape index (κ3) is 3.58. The number of hydrogen-bond donors (Lipinski definition) is 0. The third-order valence-electron chi connectivity index (χ3n) is 1.40. The molecule has 0 unspecified atom stereocenters. The lowest BCUT2D eigenvalue weighted by Gasteiger charge is -2.18. The molecule has 0 nitrogen and oxygen atoms in total. The van der Waals surface area contributed by atoms with Crippen LogP contribution in [0, 0.1) is 0 Å². The molecule has 0 spiro atoms. The number of hydrogen-bond acceptors (Lipinski definition) is 0. The molecule has 0 amide bonds. The Morgan fingerprint density at radius 2 is 1.91 bits per heavy atom. The Kier molecular flexibility index (Phi) is 4.45. The van der Waals surface area contributed by atoms with Gasteiger partial charge in [0.1, 0.15) is 0 Å². The summed E-state index contributed by atoms with van der Waals surface area (Å²) >= 11 is 0. The molecule has 0 aromatic heterocycles. The Hall–Kier alpha value is -0.280. The lowest BCUT2D eigenvalue weighted by molar-refractivity contribution is -0.0828. The van der Waals surface area contributed by atoms with Crippen molar-refractivity contribution >= 4 is 0 Å². The molecule has 0 bridgehead atoms. The molecule has 11 heavy (non-hydrogen) atoms. The van der Waals surface area contributed by atoms with Gasteiger partial charge in [0.05, 0.1) is 6.67 Å². The fourth-order valence-electron chi connectivity index (χ4n) is 0.797. The van der Waals surface area contributed by atoms with Crippen LogP contribution >= 0.6 is 0 Å². The first kappa shape index (κ1) is 10.7. The van der Waals surface area contributed by atoms with Crippen molar-refractivity contribution in [2.24, 2.45) is 0 Å².